The highest BCUT2D eigenvalue weighted by atomic mass is 32.2. The van der Waals surface area contributed by atoms with Gasteiger partial charge in [0.25, 0.3) is 0 Å². The second-order valence-corrected chi connectivity index (χ2v) is 8.80. The number of hydrogen-bond donors (Lipinski definition) is 1. The van der Waals surface area contributed by atoms with Gasteiger partial charge in [0.05, 0.1) is 22.8 Å². The summed E-state index contributed by atoms with van der Waals surface area (Å²) in [4.78, 5) is 12.7. The number of hydrogen-bond acceptors (Lipinski definition) is 4. The zero-order chi connectivity index (χ0) is 19.2. The van der Waals surface area contributed by atoms with Crippen molar-refractivity contribution >= 4 is 17.0 Å². The van der Waals surface area contributed by atoms with Gasteiger partial charge in [-0.1, -0.05) is 42.5 Å². The fraction of sp³-hybridized carbons (Fsp3) is 0.350. The van der Waals surface area contributed by atoms with Crippen molar-refractivity contribution in [3.8, 4) is 5.75 Å². The normalized spacial score (nSPS) is 13.7. The van der Waals surface area contributed by atoms with Crippen LogP contribution in [0.2, 0.25) is 0 Å². The van der Waals surface area contributed by atoms with Gasteiger partial charge in [-0.25, -0.2) is 13.7 Å². The molecule has 0 aliphatic carbocycles. The highest BCUT2D eigenvalue weighted by Crippen LogP contribution is 2.22. The molecule has 0 fully saturated rings. The van der Waals surface area contributed by atoms with Gasteiger partial charge in [-0.2, -0.15) is 0 Å². The van der Waals surface area contributed by atoms with Crippen LogP contribution in [0.15, 0.2) is 54.6 Å². The van der Waals surface area contributed by atoms with E-state index in [0.717, 1.165) is 5.56 Å². The number of methoxy groups -OCH3 is 1. The summed E-state index contributed by atoms with van der Waals surface area (Å²) in [5, 5.41) is 0. The molecule has 0 spiro atoms. The van der Waals surface area contributed by atoms with Crippen LogP contribution in [-0.4, -0.2) is 22.0 Å². The van der Waals surface area contributed by atoms with Crippen LogP contribution in [-0.2, 0) is 27.1 Å². The first-order valence-corrected chi connectivity index (χ1v) is 9.49. The number of benzene rings is 2. The first-order chi connectivity index (χ1) is 12.3. The number of rotatable bonds is 7. The molecular formula is C20H25NO4S. The van der Waals surface area contributed by atoms with Gasteiger partial charge in [-0.05, 0) is 44.0 Å². The van der Waals surface area contributed by atoms with E-state index in [0.29, 0.717) is 11.3 Å². The molecule has 0 aliphatic rings. The van der Waals surface area contributed by atoms with Gasteiger partial charge < -0.3 is 9.47 Å². The maximum Gasteiger partial charge on any atom is 0.329 e. The molecule has 1 N–H and O–H groups in total. The maximum absolute atomic E-state index is 12.7. The van der Waals surface area contributed by atoms with Gasteiger partial charge in [-0.15, -0.1) is 0 Å². The Bertz CT molecular complexity index is 739. The predicted octanol–water partition coefficient (Wildman–Crippen LogP) is 3.53. The van der Waals surface area contributed by atoms with Gasteiger partial charge in [0.1, 0.15) is 18.4 Å². The van der Waals surface area contributed by atoms with Gasteiger partial charge in [-0.3, -0.25) is 0 Å². The van der Waals surface area contributed by atoms with Crippen LogP contribution < -0.4 is 9.46 Å². The van der Waals surface area contributed by atoms with Gasteiger partial charge in [0.15, 0.2) is 0 Å². The van der Waals surface area contributed by atoms with Crippen molar-refractivity contribution in [3.63, 3.8) is 0 Å². The number of esters is 1. The highest BCUT2D eigenvalue weighted by molar-refractivity contribution is 7.84. The average Bonchev–Trinajstić information content (AvgIpc) is 2.64. The zero-order valence-corrected chi connectivity index (χ0v) is 16.3. The van der Waals surface area contributed by atoms with E-state index in [4.69, 9.17) is 9.47 Å². The first kappa shape index (κ1) is 20.1. The molecule has 0 amide bonds. The number of carbonyl (C=O) groups is 1. The Labute approximate surface area is 157 Å². The van der Waals surface area contributed by atoms with Crippen molar-refractivity contribution < 1.29 is 18.5 Å². The molecular weight excluding hydrogens is 350 g/mol. The maximum atomic E-state index is 12.7. The average molecular weight is 375 g/mol. The molecule has 0 saturated carbocycles. The summed E-state index contributed by atoms with van der Waals surface area (Å²) in [6.07, 6.45) is 0. The van der Waals surface area contributed by atoms with Crippen molar-refractivity contribution in [3.05, 3.63) is 65.7 Å². The van der Waals surface area contributed by atoms with Crippen LogP contribution in [0.1, 0.15) is 37.9 Å². The third-order valence-electron chi connectivity index (χ3n) is 3.69. The smallest absolute Gasteiger partial charge is 0.329 e. The number of carbonyl (C=O) groups excluding carboxylic acids is 1. The molecule has 26 heavy (non-hydrogen) atoms. The van der Waals surface area contributed by atoms with Gasteiger partial charge in [0.2, 0.25) is 0 Å². The molecule has 2 aromatic rings. The van der Waals surface area contributed by atoms with E-state index in [1.165, 1.54) is 0 Å². The molecule has 1 unspecified atom stereocenters. The summed E-state index contributed by atoms with van der Waals surface area (Å²) >= 11 is 0. The van der Waals surface area contributed by atoms with E-state index >= 15 is 0 Å². The van der Waals surface area contributed by atoms with E-state index in [-0.39, 0.29) is 6.61 Å². The lowest BCUT2D eigenvalue weighted by Crippen LogP contribution is -2.39. The fourth-order valence-corrected chi connectivity index (χ4v) is 2.94. The molecule has 2 atom stereocenters. The molecule has 140 valence electrons. The van der Waals surface area contributed by atoms with E-state index < -0.39 is 27.7 Å². The van der Waals surface area contributed by atoms with Crippen molar-refractivity contribution in [2.75, 3.05) is 7.11 Å². The zero-order valence-electron chi connectivity index (χ0n) is 15.5. The van der Waals surface area contributed by atoms with E-state index in [2.05, 4.69) is 4.72 Å². The van der Waals surface area contributed by atoms with Gasteiger partial charge in [0, 0.05) is 0 Å². The van der Waals surface area contributed by atoms with Crippen LogP contribution in [0.25, 0.3) is 0 Å². The lowest BCUT2D eigenvalue weighted by Gasteiger charge is -2.23. The number of ether oxygens (including phenoxy) is 2. The molecule has 0 bridgehead atoms. The molecule has 2 aromatic carbocycles. The number of nitrogens with one attached hydrogen (secondary N) is 1. The van der Waals surface area contributed by atoms with Crippen LogP contribution in [0.5, 0.6) is 5.75 Å². The summed E-state index contributed by atoms with van der Waals surface area (Å²) in [6, 6.07) is 15.7. The summed E-state index contributed by atoms with van der Waals surface area (Å²) in [7, 11) is 0.151. The van der Waals surface area contributed by atoms with Crippen LogP contribution >= 0.6 is 0 Å². The summed E-state index contributed by atoms with van der Waals surface area (Å²) in [5.74, 6) is 0.207. The molecule has 2 rings (SSSR count). The molecule has 0 radical (unpaired) electrons. The Hall–Kier alpha value is -2.18. The van der Waals surface area contributed by atoms with E-state index in [1.807, 2.05) is 51.1 Å². The lowest BCUT2D eigenvalue weighted by molar-refractivity contribution is -0.147. The molecule has 0 heterocycles. The Kier molecular flexibility index (Phi) is 6.94. The fourth-order valence-electron chi connectivity index (χ4n) is 2.14. The minimum atomic E-state index is -1.43. The highest BCUT2D eigenvalue weighted by Gasteiger charge is 2.29. The van der Waals surface area contributed by atoms with Crippen molar-refractivity contribution in [1.82, 2.24) is 4.72 Å². The van der Waals surface area contributed by atoms with E-state index in [9.17, 15) is 9.00 Å². The summed E-state index contributed by atoms with van der Waals surface area (Å²) in [5.41, 5.74) is 1.56. The van der Waals surface area contributed by atoms with Crippen molar-refractivity contribution in [2.45, 2.75) is 38.2 Å². The Morgan fingerprint density at radius 3 is 2.23 bits per heavy atom. The minimum absolute atomic E-state index is 0.163. The summed E-state index contributed by atoms with van der Waals surface area (Å²) < 4.78 is 25.5. The summed E-state index contributed by atoms with van der Waals surface area (Å²) in [6.45, 7) is 5.69. The Morgan fingerprint density at radius 2 is 1.69 bits per heavy atom. The van der Waals surface area contributed by atoms with Crippen LogP contribution in [0.3, 0.4) is 0 Å². The third kappa shape index (κ3) is 5.68. The second kappa shape index (κ2) is 8.96. The first-order valence-electron chi connectivity index (χ1n) is 8.34. The van der Waals surface area contributed by atoms with Gasteiger partial charge >= 0.3 is 5.97 Å². The molecule has 0 saturated heterocycles. The molecule has 0 aliphatic heterocycles. The standard InChI is InChI=1S/C20H25NO4S/c1-20(2,3)26(23)21-18(16-10-12-17(24-4)13-11-16)19(22)25-14-15-8-6-5-7-9-15/h5-13,18,21H,14H2,1-4H3/t18-,26?/m1/s1. The lowest BCUT2D eigenvalue weighted by atomic mass is 10.1. The molecule has 6 heteroatoms. The SMILES string of the molecule is COc1ccc([C@@H](NS(=O)C(C)(C)C)C(=O)OCc2ccccc2)cc1. The largest absolute Gasteiger partial charge is 0.497 e. The molecule has 0 aromatic heterocycles. The Balaban J connectivity index is 2.18. The second-order valence-electron chi connectivity index (χ2n) is 6.80. The topological polar surface area (TPSA) is 64.6 Å². The van der Waals surface area contributed by atoms with Crippen LogP contribution in [0.4, 0.5) is 0 Å². The predicted molar refractivity (Wildman–Crippen MR) is 103 cm³/mol. The Morgan fingerprint density at radius 1 is 1.08 bits per heavy atom. The minimum Gasteiger partial charge on any atom is -0.497 e. The third-order valence-corrected chi connectivity index (χ3v) is 5.25. The quantitative estimate of drug-likeness (QED) is 0.752. The van der Waals surface area contributed by atoms with Crippen LogP contribution in [0, 0.1) is 0 Å². The van der Waals surface area contributed by atoms with Crippen molar-refractivity contribution in [2.24, 2.45) is 0 Å². The monoisotopic (exact) mass is 375 g/mol. The van der Waals surface area contributed by atoms with Crippen molar-refractivity contribution in [1.29, 1.82) is 0 Å². The van der Waals surface area contributed by atoms with E-state index in [1.54, 1.807) is 31.4 Å². The molecule has 5 nitrogen and oxygen atoms in total.